The maximum Gasteiger partial charge on any atom is 0.325 e. The molecule has 3 rings (SSSR count). The number of nitrogens with zero attached hydrogens (tertiary/aromatic N) is 1. The Hall–Kier alpha value is -2.86. The van der Waals surface area contributed by atoms with Crippen LogP contribution in [0.5, 0.6) is 0 Å². The fraction of sp³-hybridized carbons (Fsp3) is 0.286. The van der Waals surface area contributed by atoms with Crippen LogP contribution >= 0.6 is 11.6 Å². The summed E-state index contributed by atoms with van der Waals surface area (Å²) in [5.41, 5.74) is 1.45. The predicted octanol–water partition coefficient (Wildman–Crippen LogP) is 3.53. The van der Waals surface area contributed by atoms with E-state index in [-0.39, 0.29) is 6.54 Å². The number of nitrogens with one attached hydrogen (secondary N) is 2. The topological polar surface area (TPSA) is 78.5 Å². The second-order valence-corrected chi connectivity index (χ2v) is 7.58. The Morgan fingerprint density at radius 3 is 2.57 bits per heavy atom. The van der Waals surface area contributed by atoms with Crippen molar-refractivity contribution in [1.82, 2.24) is 10.2 Å². The first-order valence-electron chi connectivity index (χ1n) is 9.02. The highest BCUT2D eigenvalue weighted by molar-refractivity contribution is 6.33. The monoisotopic (exact) mass is 399 g/mol. The first kappa shape index (κ1) is 19.9. The zero-order chi connectivity index (χ0) is 20.3. The van der Waals surface area contributed by atoms with E-state index in [1.54, 1.807) is 19.1 Å². The third-order valence-electron chi connectivity index (χ3n) is 4.80. The molecular formula is C21H22ClN3O3. The van der Waals surface area contributed by atoms with E-state index in [9.17, 15) is 14.4 Å². The Labute approximate surface area is 168 Å². The van der Waals surface area contributed by atoms with Crippen molar-refractivity contribution in [1.29, 1.82) is 0 Å². The molecule has 0 aromatic heterocycles. The van der Waals surface area contributed by atoms with Crippen LogP contribution in [0.25, 0.3) is 0 Å². The number of urea groups is 1. The molecular weight excluding hydrogens is 378 g/mol. The molecule has 1 saturated heterocycles. The van der Waals surface area contributed by atoms with Gasteiger partial charge < -0.3 is 10.6 Å². The quantitative estimate of drug-likeness (QED) is 0.729. The van der Waals surface area contributed by atoms with Crippen molar-refractivity contribution in [3.63, 3.8) is 0 Å². The van der Waals surface area contributed by atoms with Crippen LogP contribution in [0.2, 0.25) is 5.02 Å². The molecule has 7 heteroatoms. The van der Waals surface area contributed by atoms with E-state index >= 15 is 0 Å². The summed E-state index contributed by atoms with van der Waals surface area (Å²) < 4.78 is 0. The van der Waals surface area contributed by atoms with Gasteiger partial charge in [-0.25, -0.2) is 4.79 Å². The number of aryl methyl sites for hydroxylation is 2. The number of rotatable bonds is 6. The van der Waals surface area contributed by atoms with Crippen LogP contribution in [0.1, 0.15) is 24.5 Å². The van der Waals surface area contributed by atoms with Gasteiger partial charge in [-0.15, -0.1) is 0 Å². The number of benzene rings is 2. The van der Waals surface area contributed by atoms with Gasteiger partial charge in [-0.3, -0.25) is 14.5 Å². The summed E-state index contributed by atoms with van der Waals surface area (Å²) in [6.45, 7) is 3.21. The number of carbonyl (C=O) groups excluding carboxylic acids is 3. The summed E-state index contributed by atoms with van der Waals surface area (Å²) >= 11 is 6.12. The number of amides is 4. The van der Waals surface area contributed by atoms with Crippen LogP contribution in [0, 0.1) is 6.92 Å². The Balaban J connectivity index is 1.63. The smallest absolute Gasteiger partial charge is 0.323 e. The molecule has 1 aliphatic rings. The number of halogens is 1. The van der Waals surface area contributed by atoms with Gasteiger partial charge in [0.05, 0.1) is 10.7 Å². The van der Waals surface area contributed by atoms with Crippen LogP contribution < -0.4 is 10.6 Å². The lowest BCUT2D eigenvalue weighted by Gasteiger charge is -2.21. The molecule has 146 valence electrons. The Kier molecular flexibility index (Phi) is 5.70. The highest BCUT2D eigenvalue weighted by atomic mass is 35.5. The summed E-state index contributed by atoms with van der Waals surface area (Å²) in [7, 11) is 0. The van der Waals surface area contributed by atoms with Gasteiger partial charge in [0.1, 0.15) is 12.1 Å². The molecule has 4 amide bonds. The molecule has 6 nitrogen and oxygen atoms in total. The fourth-order valence-corrected chi connectivity index (χ4v) is 3.44. The molecule has 0 spiro atoms. The SMILES string of the molecule is Cc1ccc(NC(=O)CN2C(=O)N[C@@](C)(CCc3ccccc3)C2=O)c(Cl)c1. The molecule has 1 fully saturated rings. The number of carbonyl (C=O) groups is 3. The zero-order valence-corrected chi connectivity index (χ0v) is 16.5. The molecule has 1 aliphatic heterocycles. The minimum Gasteiger partial charge on any atom is -0.323 e. The van der Waals surface area contributed by atoms with Crippen LogP contribution in [0.15, 0.2) is 48.5 Å². The van der Waals surface area contributed by atoms with Gasteiger partial charge >= 0.3 is 6.03 Å². The lowest BCUT2D eigenvalue weighted by atomic mass is 9.93. The second-order valence-electron chi connectivity index (χ2n) is 7.17. The molecule has 0 bridgehead atoms. The van der Waals surface area contributed by atoms with Crippen molar-refractivity contribution in [2.75, 3.05) is 11.9 Å². The minimum atomic E-state index is -1.03. The first-order valence-corrected chi connectivity index (χ1v) is 9.40. The molecule has 1 heterocycles. The number of imide groups is 1. The summed E-state index contributed by atoms with van der Waals surface area (Å²) in [5, 5.41) is 5.77. The van der Waals surface area contributed by atoms with E-state index < -0.39 is 23.4 Å². The maximum absolute atomic E-state index is 12.8. The second kappa shape index (κ2) is 8.02. The van der Waals surface area contributed by atoms with E-state index in [0.717, 1.165) is 16.0 Å². The molecule has 2 N–H and O–H groups in total. The van der Waals surface area contributed by atoms with E-state index in [4.69, 9.17) is 11.6 Å². The summed E-state index contributed by atoms with van der Waals surface area (Å²) in [5.74, 6) is -0.889. The Morgan fingerprint density at radius 2 is 1.89 bits per heavy atom. The number of anilines is 1. The summed E-state index contributed by atoms with van der Waals surface area (Å²) in [4.78, 5) is 38.4. The van der Waals surface area contributed by atoms with E-state index in [1.807, 2.05) is 43.3 Å². The molecule has 2 aromatic rings. The largest absolute Gasteiger partial charge is 0.325 e. The Morgan fingerprint density at radius 1 is 1.18 bits per heavy atom. The van der Waals surface area contributed by atoms with E-state index in [0.29, 0.717) is 23.6 Å². The Bertz CT molecular complexity index is 916. The third kappa shape index (κ3) is 4.34. The van der Waals surface area contributed by atoms with Crippen molar-refractivity contribution >= 4 is 35.1 Å². The van der Waals surface area contributed by atoms with Crippen LogP contribution in [-0.4, -0.2) is 34.8 Å². The van der Waals surface area contributed by atoms with Crippen LogP contribution in [-0.2, 0) is 16.0 Å². The average Bonchev–Trinajstić information content (AvgIpc) is 2.87. The molecule has 0 aliphatic carbocycles. The lowest BCUT2D eigenvalue weighted by Crippen LogP contribution is -2.45. The van der Waals surface area contributed by atoms with Crippen LogP contribution in [0.3, 0.4) is 0 Å². The standard InChI is InChI=1S/C21H22ClN3O3/c1-14-8-9-17(16(22)12-14)23-18(26)13-25-19(27)21(2,24-20(25)28)11-10-15-6-4-3-5-7-15/h3-9,12H,10-11,13H2,1-2H3,(H,23,26)(H,24,28)/t21-/m0/s1. The molecule has 0 radical (unpaired) electrons. The fourth-order valence-electron chi connectivity index (χ4n) is 3.15. The molecule has 0 unspecified atom stereocenters. The minimum absolute atomic E-state index is 0.365. The lowest BCUT2D eigenvalue weighted by molar-refractivity contribution is -0.133. The van der Waals surface area contributed by atoms with Crippen molar-refractivity contribution in [3.05, 3.63) is 64.7 Å². The third-order valence-corrected chi connectivity index (χ3v) is 5.11. The molecule has 28 heavy (non-hydrogen) atoms. The predicted molar refractivity (Wildman–Crippen MR) is 108 cm³/mol. The first-order chi connectivity index (χ1) is 13.3. The molecule has 2 aromatic carbocycles. The zero-order valence-electron chi connectivity index (χ0n) is 15.8. The highest BCUT2D eigenvalue weighted by Crippen LogP contribution is 2.25. The normalized spacial score (nSPS) is 18.9. The van der Waals surface area contributed by atoms with Crippen LogP contribution in [0.4, 0.5) is 10.5 Å². The van der Waals surface area contributed by atoms with E-state index in [1.165, 1.54) is 0 Å². The van der Waals surface area contributed by atoms with Gasteiger partial charge in [-0.2, -0.15) is 0 Å². The van der Waals surface area contributed by atoms with Crippen molar-refractivity contribution in [2.45, 2.75) is 32.2 Å². The summed E-state index contributed by atoms with van der Waals surface area (Å²) in [6, 6.07) is 14.4. The van der Waals surface area contributed by atoms with E-state index in [2.05, 4.69) is 10.6 Å². The van der Waals surface area contributed by atoms with Gasteiger partial charge in [-0.05, 0) is 49.9 Å². The maximum atomic E-state index is 12.8. The number of hydrogen-bond donors (Lipinski definition) is 2. The number of hydrogen-bond acceptors (Lipinski definition) is 3. The van der Waals surface area contributed by atoms with Gasteiger partial charge in [-0.1, -0.05) is 48.0 Å². The van der Waals surface area contributed by atoms with Gasteiger partial charge in [0.2, 0.25) is 5.91 Å². The van der Waals surface area contributed by atoms with Gasteiger partial charge in [0, 0.05) is 0 Å². The molecule has 1 atom stereocenters. The summed E-state index contributed by atoms with van der Waals surface area (Å²) in [6.07, 6.45) is 1.09. The van der Waals surface area contributed by atoms with Crippen molar-refractivity contribution < 1.29 is 14.4 Å². The van der Waals surface area contributed by atoms with Crippen molar-refractivity contribution in [2.24, 2.45) is 0 Å². The van der Waals surface area contributed by atoms with Crippen molar-refractivity contribution in [3.8, 4) is 0 Å². The average molecular weight is 400 g/mol. The molecule has 0 saturated carbocycles. The van der Waals surface area contributed by atoms with Gasteiger partial charge in [0.15, 0.2) is 0 Å². The highest BCUT2D eigenvalue weighted by Gasteiger charge is 2.47. The van der Waals surface area contributed by atoms with Gasteiger partial charge in [0.25, 0.3) is 5.91 Å².